The van der Waals surface area contributed by atoms with Gasteiger partial charge in [0.15, 0.2) is 0 Å². The first-order valence-electron chi connectivity index (χ1n) is 5.51. The fourth-order valence-electron chi connectivity index (χ4n) is 2.08. The summed E-state index contributed by atoms with van der Waals surface area (Å²) in [5.74, 6) is -0.230. The average Bonchev–Trinajstić information content (AvgIpc) is 2.42. The SMILES string of the molecule is O=c1oc2ccc(Cl)c(O)c2c2ccc([N+](=O)[O-])cc12. The van der Waals surface area contributed by atoms with Crippen LogP contribution < -0.4 is 5.63 Å². The van der Waals surface area contributed by atoms with Crippen LogP contribution in [0, 0.1) is 10.1 Å². The van der Waals surface area contributed by atoms with E-state index in [1.807, 2.05) is 0 Å². The second-order valence-corrected chi connectivity index (χ2v) is 4.55. The minimum Gasteiger partial charge on any atom is -0.506 e. The first kappa shape index (κ1) is 12.4. The van der Waals surface area contributed by atoms with Crippen LogP contribution in [-0.2, 0) is 0 Å². The number of nitro benzene ring substituents is 1. The summed E-state index contributed by atoms with van der Waals surface area (Å²) in [5.41, 5.74) is -0.776. The molecule has 1 aromatic heterocycles. The highest BCUT2D eigenvalue weighted by molar-refractivity contribution is 6.33. The Morgan fingerprint density at radius 3 is 2.65 bits per heavy atom. The summed E-state index contributed by atoms with van der Waals surface area (Å²) >= 11 is 5.83. The van der Waals surface area contributed by atoms with Crippen molar-refractivity contribution < 1.29 is 14.4 Å². The van der Waals surface area contributed by atoms with Gasteiger partial charge < -0.3 is 9.52 Å². The third-order valence-corrected chi connectivity index (χ3v) is 3.30. The summed E-state index contributed by atoms with van der Waals surface area (Å²) in [6.07, 6.45) is 0. The first-order valence-corrected chi connectivity index (χ1v) is 5.89. The Morgan fingerprint density at radius 2 is 1.95 bits per heavy atom. The number of phenols is 1. The molecule has 0 amide bonds. The normalized spacial score (nSPS) is 11.1. The molecule has 0 radical (unpaired) electrons. The number of hydrogen-bond acceptors (Lipinski definition) is 5. The van der Waals surface area contributed by atoms with Gasteiger partial charge in [0.05, 0.1) is 20.7 Å². The van der Waals surface area contributed by atoms with Gasteiger partial charge in [-0.15, -0.1) is 0 Å². The van der Waals surface area contributed by atoms with Crippen LogP contribution in [-0.4, -0.2) is 10.0 Å². The molecule has 0 unspecified atom stereocenters. The molecule has 0 atom stereocenters. The van der Waals surface area contributed by atoms with E-state index in [4.69, 9.17) is 16.0 Å². The smallest absolute Gasteiger partial charge is 0.344 e. The van der Waals surface area contributed by atoms with Crippen LogP contribution >= 0.6 is 11.6 Å². The Balaban J connectivity index is 2.56. The van der Waals surface area contributed by atoms with Crippen molar-refractivity contribution in [2.24, 2.45) is 0 Å². The van der Waals surface area contributed by atoms with Crippen molar-refractivity contribution >= 4 is 39.0 Å². The molecule has 0 saturated carbocycles. The highest BCUT2D eigenvalue weighted by Crippen LogP contribution is 2.36. The van der Waals surface area contributed by atoms with Gasteiger partial charge in [-0.3, -0.25) is 10.1 Å². The molecule has 100 valence electrons. The van der Waals surface area contributed by atoms with Crippen LogP contribution in [0.25, 0.3) is 21.7 Å². The number of rotatable bonds is 1. The number of phenolic OH excluding ortho intramolecular Hbond substituents is 1. The number of hydrogen-bond donors (Lipinski definition) is 1. The van der Waals surface area contributed by atoms with Crippen molar-refractivity contribution in [3.05, 3.63) is 55.9 Å². The fraction of sp³-hybridized carbons (Fsp3) is 0. The zero-order valence-corrected chi connectivity index (χ0v) is 10.5. The molecule has 0 bridgehead atoms. The predicted molar refractivity (Wildman–Crippen MR) is 73.3 cm³/mol. The van der Waals surface area contributed by atoms with Crippen molar-refractivity contribution in [2.75, 3.05) is 0 Å². The Hall–Kier alpha value is -2.60. The third-order valence-electron chi connectivity index (χ3n) is 3.00. The number of non-ortho nitro benzene ring substituents is 1. The highest BCUT2D eigenvalue weighted by atomic mass is 35.5. The highest BCUT2D eigenvalue weighted by Gasteiger charge is 2.16. The number of fused-ring (bicyclic) bond motifs is 3. The maximum atomic E-state index is 11.9. The molecule has 0 saturated heterocycles. The van der Waals surface area contributed by atoms with E-state index in [1.165, 1.54) is 24.3 Å². The van der Waals surface area contributed by atoms with Gasteiger partial charge in [-0.1, -0.05) is 11.6 Å². The topological polar surface area (TPSA) is 93.6 Å². The Kier molecular flexibility index (Phi) is 2.62. The quantitative estimate of drug-likeness (QED) is 0.321. The van der Waals surface area contributed by atoms with Crippen LogP contribution in [0.15, 0.2) is 39.5 Å². The minimum atomic E-state index is -0.710. The van der Waals surface area contributed by atoms with Crippen LogP contribution in [0.2, 0.25) is 5.02 Å². The summed E-state index contributed by atoms with van der Waals surface area (Å²) in [6.45, 7) is 0. The minimum absolute atomic E-state index is 0.0178. The number of nitrogens with zero attached hydrogens (tertiary/aromatic N) is 1. The average molecular weight is 292 g/mol. The lowest BCUT2D eigenvalue weighted by molar-refractivity contribution is -0.384. The molecule has 6 nitrogen and oxygen atoms in total. The predicted octanol–water partition coefficient (Wildman–Crippen LogP) is 3.21. The largest absolute Gasteiger partial charge is 0.506 e. The summed E-state index contributed by atoms with van der Waals surface area (Å²) in [7, 11) is 0. The van der Waals surface area contributed by atoms with Gasteiger partial charge in [-0.05, 0) is 18.2 Å². The second kappa shape index (κ2) is 4.21. The van der Waals surface area contributed by atoms with E-state index in [2.05, 4.69) is 0 Å². The standard InChI is InChI=1S/C13H6ClNO5/c14-9-3-4-10-11(12(9)16)7-2-1-6(15(18)19)5-8(7)13(17)20-10/h1-5,16H. The number of aromatic hydroxyl groups is 1. The number of nitro groups is 1. The number of halogens is 1. The van der Waals surface area contributed by atoms with Crippen LogP contribution in [0.1, 0.15) is 0 Å². The summed E-state index contributed by atoms with van der Waals surface area (Å²) in [4.78, 5) is 22.0. The van der Waals surface area contributed by atoms with E-state index >= 15 is 0 Å². The van der Waals surface area contributed by atoms with Crippen LogP contribution in [0.3, 0.4) is 0 Å². The van der Waals surface area contributed by atoms with Crippen molar-refractivity contribution in [2.45, 2.75) is 0 Å². The van der Waals surface area contributed by atoms with Gasteiger partial charge in [0.25, 0.3) is 5.69 Å². The monoisotopic (exact) mass is 291 g/mol. The molecular weight excluding hydrogens is 286 g/mol. The lowest BCUT2D eigenvalue weighted by atomic mass is 10.1. The molecule has 3 rings (SSSR count). The Bertz CT molecular complexity index is 931. The van der Waals surface area contributed by atoms with E-state index in [0.717, 1.165) is 6.07 Å². The van der Waals surface area contributed by atoms with Crippen molar-refractivity contribution in [3.63, 3.8) is 0 Å². The van der Waals surface area contributed by atoms with Crippen LogP contribution in [0.4, 0.5) is 5.69 Å². The molecule has 1 N–H and O–H groups in total. The van der Waals surface area contributed by atoms with Gasteiger partial charge in [0.2, 0.25) is 0 Å². The van der Waals surface area contributed by atoms with Gasteiger partial charge in [-0.2, -0.15) is 0 Å². The van der Waals surface area contributed by atoms with Crippen molar-refractivity contribution in [3.8, 4) is 5.75 Å². The maximum Gasteiger partial charge on any atom is 0.344 e. The molecule has 0 aliphatic rings. The van der Waals surface area contributed by atoms with E-state index < -0.39 is 10.5 Å². The summed E-state index contributed by atoms with van der Waals surface area (Å²) in [5, 5.41) is 21.5. The first-order chi connectivity index (χ1) is 9.49. The van der Waals surface area contributed by atoms with Gasteiger partial charge >= 0.3 is 5.63 Å². The Labute approximate surface area is 116 Å². The molecule has 7 heteroatoms. The van der Waals surface area contributed by atoms with E-state index in [0.29, 0.717) is 5.39 Å². The van der Waals surface area contributed by atoms with E-state index in [9.17, 15) is 20.0 Å². The van der Waals surface area contributed by atoms with E-state index in [-0.39, 0.29) is 32.8 Å². The third kappa shape index (κ3) is 1.70. The molecule has 0 spiro atoms. The lowest BCUT2D eigenvalue weighted by Gasteiger charge is -2.05. The molecule has 20 heavy (non-hydrogen) atoms. The molecule has 0 aliphatic carbocycles. The second-order valence-electron chi connectivity index (χ2n) is 4.15. The van der Waals surface area contributed by atoms with Gasteiger partial charge in [-0.25, -0.2) is 4.79 Å². The molecular formula is C13H6ClNO5. The summed E-state index contributed by atoms with van der Waals surface area (Å²) < 4.78 is 5.05. The molecule has 3 aromatic rings. The fourth-order valence-corrected chi connectivity index (χ4v) is 2.24. The molecule has 1 heterocycles. The van der Waals surface area contributed by atoms with Gasteiger partial charge in [0, 0.05) is 17.5 Å². The molecule has 2 aromatic carbocycles. The maximum absolute atomic E-state index is 11.9. The van der Waals surface area contributed by atoms with Crippen molar-refractivity contribution in [1.82, 2.24) is 0 Å². The summed E-state index contributed by atoms with van der Waals surface area (Å²) in [6, 6.07) is 6.62. The zero-order valence-electron chi connectivity index (χ0n) is 9.79. The molecule has 0 fully saturated rings. The lowest BCUT2D eigenvalue weighted by Crippen LogP contribution is -2.01. The zero-order chi connectivity index (χ0) is 14.4. The number of benzene rings is 2. The van der Waals surface area contributed by atoms with Crippen molar-refractivity contribution in [1.29, 1.82) is 0 Å². The molecule has 0 aliphatic heterocycles. The van der Waals surface area contributed by atoms with Gasteiger partial charge in [0.1, 0.15) is 11.3 Å². The van der Waals surface area contributed by atoms with E-state index in [1.54, 1.807) is 0 Å². The Morgan fingerprint density at radius 1 is 1.20 bits per heavy atom. The van der Waals surface area contributed by atoms with Crippen LogP contribution in [0.5, 0.6) is 5.75 Å².